The molecule has 0 amide bonds. The lowest BCUT2D eigenvalue weighted by Gasteiger charge is -2.08. The van der Waals surface area contributed by atoms with Gasteiger partial charge in [-0.05, 0) is 29.8 Å². The number of hydrogen-bond donors (Lipinski definition) is 1. The minimum Gasteiger partial charge on any atom is -0.375 e. The van der Waals surface area contributed by atoms with Crippen LogP contribution in [0.15, 0.2) is 42.5 Å². The Hall–Kier alpha value is -3.38. The zero-order chi connectivity index (χ0) is 15.2. The van der Waals surface area contributed by atoms with Crippen molar-refractivity contribution in [1.82, 2.24) is 0 Å². The van der Waals surface area contributed by atoms with Crippen molar-refractivity contribution in [2.24, 2.45) is 0 Å². The van der Waals surface area contributed by atoms with E-state index in [0.29, 0.717) is 12.1 Å². The molecule has 0 aliphatic rings. The molecule has 0 spiro atoms. The molecule has 102 valence electrons. The SMILES string of the molecule is N#Cc1cccc(CNc2cccc(C#N)c2[N+](=O)[O-])c1. The Bertz CT molecular complexity index is 772. The van der Waals surface area contributed by atoms with E-state index in [1.165, 1.54) is 6.07 Å². The Balaban J connectivity index is 2.26. The lowest BCUT2D eigenvalue weighted by atomic mass is 10.1. The van der Waals surface area contributed by atoms with Crippen LogP contribution in [0, 0.1) is 32.8 Å². The molecule has 6 nitrogen and oxygen atoms in total. The normalized spacial score (nSPS) is 9.43. The quantitative estimate of drug-likeness (QED) is 0.684. The van der Waals surface area contributed by atoms with E-state index in [1.807, 2.05) is 18.2 Å². The van der Waals surface area contributed by atoms with Crippen LogP contribution in [-0.4, -0.2) is 4.92 Å². The molecule has 0 saturated heterocycles. The maximum atomic E-state index is 11.1. The monoisotopic (exact) mass is 278 g/mol. The zero-order valence-corrected chi connectivity index (χ0v) is 10.9. The third-order valence-electron chi connectivity index (χ3n) is 2.88. The van der Waals surface area contributed by atoms with Crippen molar-refractivity contribution in [3.8, 4) is 12.1 Å². The Morgan fingerprint density at radius 2 is 1.90 bits per heavy atom. The van der Waals surface area contributed by atoms with Gasteiger partial charge in [-0.15, -0.1) is 0 Å². The van der Waals surface area contributed by atoms with Crippen LogP contribution in [0.5, 0.6) is 0 Å². The van der Waals surface area contributed by atoms with Gasteiger partial charge in [0.25, 0.3) is 0 Å². The van der Waals surface area contributed by atoms with Gasteiger partial charge < -0.3 is 5.32 Å². The summed E-state index contributed by atoms with van der Waals surface area (Å²) in [5.74, 6) is 0. The average molecular weight is 278 g/mol. The number of hydrogen-bond acceptors (Lipinski definition) is 5. The maximum absolute atomic E-state index is 11.1. The summed E-state index contributed by atoms with van der Waals surface area (Å²) in [6, 6.07) is 15.3. The van der Waals surface area contributed by atoms with E-state index in [9.17, 15) is 10.1 Å². The summed E-state index contributed by atoms with van der Waals surface area (Å²) in [5, 5.41) is 31.8. The molecule has 21 heavy (non-hydrogen) atoms. The second-order valence-corrected chi connectivity index (χ2v) is 4.24. The molecule has 0 bridgehead atoms. The predicted molar refractivity (Wildman–Crippen MR) is 76.3 cm³/mol. The van der Waals surface area contributed by atoms with Gasteiger partial charge >= 0.3 is 5.69 Å². The lowest BCUT2D eigenvalue weighted by Crippen LogP contribution is -2.04. The third-order valence-corrected chi connectivity index (χ3v) is 2.88. The van der Waals surface area contributed by atoms with E-state index in [4.69, 9.17) is 10.5 Å². The highest BCUT2D eigenvalue weighted by atomic mass is 16.6. The Morgan fingerprint density at radius 1 is 1.14 bits per heavy atom. The van der Waals surface area contributed by atoms with Gasteiger partial charge in [0, 0.05) is 6.54 Å². The van der Waals surface area contributed by atoms with Crippen molar-refractivity contribution < 1.29 is 4.92 Å². The number of nitrogens with one attached hydrogen (secondary N) is 1. The van der Waals surface area contributed by atoms with Crippen LogP contribution in [0.2, 0.25) is 0 Å². The summed E-state index contributed by atoms with van der Waals surface area (Å²) in [5.41, 5.74) is 1.40. The topological polar surface area (TPSA) is 103 Å². The highest BCUT2D eigenvalue weighted by Crippen LogP contribution is 2.28. The first kappa shape index (κ1) is 14.0. The second-order valence-electron chi connectivity index (χ2n) is 4.24. The number of nitro groups is 1. The first-order chi connectivity index (χ1) is 10.2. The van der Waals surface area contributed by atoms with Crippen LogP contribution in [0.3, 0.4) is 0 Å². The van der Waals surface area contributed by atoms with Crippen molar-refractivity contribution in [3.63, 3.8) is 0 Å². The molecule has 6 heteroatoms. The minimum absolute atomic E-state index is 0.00998. The second kappa shape index (κ2) is 6.18. The van der Waals surface area contributed by atoms with Gasteiger partial charge in [-0.1, -0.05) is 18.2 Å². The van der Waals surface area contributed by atoms with Crippen molar-refractivity contribution >= 4 is 11.4 Å². The molecule has 1 N–H and O–H groups in total. The lowest BCUT2D eigenvalue weighted by molar-refractivity contribution is -0.384. The Labute approximate surface area is 121 Å². The average Bonchev–Trinajstić information content (AvgIpc) is 2.52. The molecule has 2 rings (SSSR count). The van der Waals surface area contributed by atoms with E-state index in [2.05, 4.69) is 5.32 Å². The van der Waals surface area contributed by atoms with Crippen molar-refractivity contribution in [1.29, 1.82) is 10.5 Å². The highest BCUT2D eigenvalue weighted by molar-refractivity contribution is 5.68. The largest absolute Gasteiger partial charge is 0.375 e. The van der Waals surface area contributed by atoms with E-state index in [-0.39, 0.29) is 16.9 Å². The smallest absolute Gasteiger partial charge is 0.309 e. The van der Waals surface area contributed by atoms with Crippen LogP contribution in [-0.2, 0) is 6.54 Å². The standard InChI is InChI=1S/C15H10N4O2/c16-8-11-3-1-4-12(7-11)10-18-14-6-2-5-13(9-17)15(14)19(20)21/h1-7,18H,10H2. The van der Waals surface area contributed by atoms with Crippen LogP contribution in [0.4, 0.5) is 11.4 Å². The summed E-state index contributed by atoms with van der Waals surface area (Å²) in [7, 11) is 0. The Morgan fingerprint density at radius 3 is 2.57 bits per heavy atom. The summed E-state index contributed by atoms with van der Waals surface area (Å²) >= 11 is 0. The summed E-state index contributed by atoms with van der Waals surface area (Å²) in [6.45, 7) is 0.325. The fraction of sp³-hybridized carbons (Fsp3) is 0.0667. The highest BCUT2D eigenvalue weighted by Gasteiger charge is 2.19. The van der Waals surface area contributed by atoms with Gasteiger partial charge in [0.05, 0.1) is 16.6 Å². The number of nitro benzene ring substituents is 1. The molecule has 0 atom stereocenters. The molecular weight excluding hydrogens is 268 g/mol. The summed E-state index contributed by atoms with van der Waals surface area (Å²) in [6.07, 6.45) is 0. The van der Waals surface area contributed by atoms with E-state index < -0.39 is 4.92 Å². The van der Waals surface area contributed by atoms with Gasteiger partial charge in [0.1, 0.15) is 17.3 Å². The van der Waals surface area contributed by atoms with Crippen molar-refractivity contribution in [3.05, 3.63) is 69.3 Å². The number of rotatable bonds is 4. The first-order valence-corrected chi connectivity index (χ1v) is 6.06. The molecule has 2 aromatic carbocycles. The van der Waals surface area contributed by atoms with Crippen LogP contribution < -0.4 is 5.32 Å². The van der Waals surface area contributed by atoms with Crippen LogP contribution in [0.1, 0.15) is 16.7 Å². The molecular formula is C15H10N4O2. The fourth-order valence-electron chi connectivity index (χ4n) is 1.92. The van der Waals surface area contributed by atoms with Gasteiger partial charge in [0.15, 0.2) is 0 Å². The number of benzene rings is 2. The number of para-hydroxylation sites is 1. The molecule has 0 aromatic heterocycles. The third kappa shape index (κ3) is 3.14. The van der Waals surface area contributed by atoms with E-state index in [1.54, 1.807) is 30.3 Å². The van der Waals surface area contributed by atoms with Gasteiger partial charge in [-0.3, -0.25) is 10.1 Å². The van der Waals surface area contributed by atoms with Crippen LogP contribution in [0.25, 0.3) is 0 Å². The molecule has 0 aliphatic heterocycles. The Kier molecular flexibility index (Phi) is 4.13. The molecule has 0 aliphatic carbocycles. The number of nitriles is 2. The summed E-state index contributed by atoms with van der Waals surface area (Å²) in [4.78, 5) is 10.5. The first-order valence-electron chi connectivity index (χ1n) is 6.06. The predicted octanol–water partition coefficient (Wildman–Crippen LogP) is 2.95. The van der Waals surface area contributed by atoms with E-state index >= 15 is 0 Å². The number of nitrogens with zero attached hydrogens (tertiary/aromatic N) is 3. The molecule has 0 heterocycles. The zero-order valence-electron chi connectivity index (χ0n) is 10.9. The molecule has 2 aromatic rings. The van der Waals surface area contributed by atoms with Gasteiger partial charge in [-0.25, -0.2) is 0 Å². The maximum Gasteiger partial charge on any atom is 0.309 e. The van der Waals surface area contributed by atoms with Crippen LogP contribution >= 0.6 is 0 Å². The minimum atomic E-state index is -0.577. The van der Waals surface area contributed by atoms with Gasteiger partial charge in [-0.2, -0.15) is 10.5 Å². The fourth-order valence-corrected chi connectivity index (χ4v) is 1.92. The van der Waals surface area contributed by atoms with Gasteiger partial charge in [0.2, 0.25) is 0 Å². The molecule has 0 saturated carbocycles. The van der Waals surface area contributed by atoms with Crippen molar-refractivity contribution in [2.45, 2.75) is 6.54 Å². The molecule has 0 radical (unpaired) electrons. The number of anilines is 1. The molecule has 0 fully saturated rings. The molecule has 0 unspecified atom stereocenters. The summed E-state index contributed by atoms with van der Waals surface area (Å²) < 4.78 is 0. The van der Waals surface area contributed by atoms with Crippen molar-refractivity contribution in [2.75, 3.05) is 5.32 Å². The van der Waals surface area contributed by atoms with E-state index in [0.717, 1.165) is 5.56 Å².